The third-order valence-corrected chi connectivity index (χ3v) is 4.89. The standard InChI is InChI=1S/C14H19BrFNO/c1-18-14(7-2-3-8-14)12(17)9-10-5-4-6-11(16)13(10)15/h4-6,12H,2-3,7-9,17H2,1H3. The summed E-state index contributed by atoms with van der Waals surface area (Å²) in [7, 11) is 1.73. The Labute approximate surface area is 116 Å². The lowest BCUT2D eigenvalue weighted by Crippen LogP contribution is -2.48. The Morgan fingerprint density at radius 2 is 2.11 bits per heavy atom. The summed E-state index contributed by atoms with van der Waals surface area (Å²) in [4.78, 5) is 0. The van der Waals surface area contributed by atoms with E-state index >= 15 is 0 Å². The summed E-state index contributed by atoms with van der Waals surface area (Å²) >= 11 is 3.29. The average molecular weight is 316 g/mol. The summed E-state index contributed by atoms with van der Waals surface area (Å²) in [5.74, 6) is -0.238. The minimum Gasteiger partial charge on any atom is -0.377 e. The first-order valence-electron chi connectivity index (χ1n) is 6.33. The normalized spacial score (nSPS) is 20.0. The third kappa shape index (κ3) is 2.60. The molecule has 0 aromatic heterocycles. The second-order valence-corrected chi connectivity index (χ2v) is 5.79. The Hall–Kier alpha value is -0.450. The fourth-order valence-corrected chi connectivity index (χ4v) is 3.25. The van der Waals surface area contributed by atoms with Crippen LogP contribution in [0.1, 0.15) is 31.2 Å². The van der Waals surface area contributed by atoms with E-state index in [0.717, 1.165) is 31.2 Å². The van der Waals surface area contributed by atoms with Crippen molar-refractivity contribution in [3.8, 4) is 0 Å². The first-order valence-corrected chi connectivity index (χ1v) is 7.12. The van der Waals surface area contributed by atoms with E-state index in [1.165, 1.54) is 6.07 Å². The molecule has 1 aliphatic carbocycles. The number of halogens is 2. The Balaban J connectivity index is 2.15. The minimum absolute atomic E-state index is 0.0944. The van der Waals surface area contributed by atoms with Crippen molar-refractivity contribution in [2.75, 3.05) is 7.11 Å². The van der Waals surface area contributed by atoms with Gasteiger partial charge in [0, 0.05) is 13.2 Å². The lowest BCUT2D eigenvalue weighted by atomic mass is 9.88. The highest BCUT2D eigenvalue weighted by molar-refractivity contribution is 9.10. The van der Waals surface area contributed by atoms with Crippen molar-refractivity contribution in [1.82, 2.24) is 0 Å². The van der Waals surface area contributed by atoms with Gasteiger partial charge in [-0.05, 0) is 46.8 Å². The molecule has 1 unspecified atom stereocenters. The third-order valence-electron chi connectivity index (χ3n) is 4.00. The molecule has 0 heterocycles. The summed E-state index contributed by atoms with van der Waals surface area (Å²) in [6, 6.07) is 4.98. The molecule has 1 aliphatic rings. The van der Waals surface area contributed by atoms with Crippen molar-refractivity contribution in [2.45, 2.75) is 43.7 Å². The highest BCUT2D eigenvalue weighted by atomic mass is 79.9. The lowest BCUT2D eigenvalue weighted by Gasteiger charge is -2.34. The Morgan fingerprint density at radius 1 is 1.44 bits per heavy atom. The van der Waals surface area contributed by atoms with Crippen LogP contribution in [0.3, 0.4) is 0 Å². The first kappa shape index (κ1) is 14.0. The van der Waals surface area contributed by atoms with E-state index in [4.69, 9.17) is 10.5 Å². The van der Waals surface area contributed by atoms with Crippen molar-refractivity contribution in [3.63, 3.8) is 0 Å². The van der Waals surface area contributed by atoms with E-state index in [-0.39, 0.29) is 17.5 Å². The molecule has 0 bridgehead atoms. The molecule has 0 spiro atoms. The van der Waals surface area contributed by atoms with E-state index in [2.05, 4.69) is 15.9 Å². The van der Waals surface area contributed by atoms with Gasteiger partial charge in [0.1, 0.15) is 5.82 Å². The maximum Gasteiger partial charge on any atom is 0.137 e. The molecular weight excluding hydrogens is 297 g/mol. The van der Waals surface area contributed by atoms with Gasteiger partial charge in [-0.15, -0.1) is 0 Å². The fraction of sp³-hybridized carbons (Fsp3) is 0.571. The molecule has 1 aromatic rings. The first-order chi connectivity index (χ1) is 8.59. The molecule has 0 aliphatic heterocycles. The van der Waals surface area contributed by atoms with Gasteiger partial charge in [-0.3, -0.25) is 0 Å². The summed E-state index contributed by atoms with van der Waals surface area (Å²) in [5, 5.41) is 0. The number of benzene rings is 1. The van der Waals surface area contributed by atoms with Crippen LogP contribution in [-0.4, -0.2) is 18.8 Å². The topological polar surface area (TPSA) is 35.2 Å². The van der Waals surface area contributed by atoms with Crippen LogP contribution in [0.25, 0.3) is 0 Å². The number of hydrogen-bond donors (Lipinski definition) is 1. The summed E-state index contributed by atoms with van der Waals surface area (Å²) in [5.41, 5.74) is 6.98. The zero-order chi connectivity index (χ0) is 13.2. The average Bonchev–Trinajstić information content (AvgIpc) is 2.85. The number of nitrogens with two attached hydrogens (primary N) is 1. The molecule has 2 N–H and O–H groups in total. The highest BCUT2D eigenvalue weighted by Gasteiger charge is 2.39. The molecule has 2 nitrogen and oxygen atoms in total. The second kappa shape index (κ2) is 5.68. The monoisotopic (exact) mass is 315 g/mol. The predicted octanol–water partition coefficient (Wildman–Crippen LogP) is 3.42. The van der Waals surface area contributed by atoms with Crippen molar-refractivity contribution >= 4 is 15.9 Å². The predicted molar refractivity (Wildman–Crippen MR) is 74.0 cm³/mol. The largest absolute Gasteiger partial charge is 0.377 e. The smallest absolute Gasteiger partial charge is 0.137 e. The SMILES string of the molecule is COC1(C(N)Cc2cccc(F)c2Br)CCCC1. The van der Waals surface area contributed by atoms with Crippen LogP contribution in [0.4, 0.5) is 4.39 Å². The molecule has 1 atom stereocenters. The van der Waals surface area contributed by atoms with Crippen molar-refractivity contribution in [1.29, 1.82) is 0 Å². The van der Waals surface area contributed by atoms with Gasteiger partial charge < -0.3 is 10.5 Å². The molecule has 1 fully saturated rings. The van der Waals surface area contributed by atoms with E-state index < -0.39 is 0 Å². The van der Waals surface area contributed by atoms with Crippen LogP contribution in [0.15, 0.2) is 22.7 Å². The van der Waals surface area contributed by atoms with E-state index in [1.54, 1.807) is 13.2 Å². The quantitative estimate of drug-likeness (QED) is 0.924. The van der Waals surface area contributed by atoms with Crippen molar-refractivity contribution in [2.24, 2.45) is 5.73 Å². The van der Waals surface area contributed by atoms with E-state index in [1.807, 2.05) is 6.07 Å². The summed E-state index contributed by atoms with van der Waals surface area (Å²) in [6.45, 7) is 0. The van der Waals surface area contributed by atoms with E-state index in [9.17, 15) is 4.39 Å². The van der Waals surface area contributed by atoms with Gasteiger partial charge in [0.05, 0.1) is 10.1 Å². The van der Waals surface area contributed by atoms with Gasteiger partial charge in [-0.1, -0.05) is 25.0 Å². The summed E-state index contributed by atoms with van der Waals surface area (Å²) in [6.07, 6.45) is 4.94. The maximum absolute atomic E-state index is 13.5. The molecule has 18 heavy (non-hydrogen) atoms. The van der Waals surface area contributed by atoms with Gasteiger partial charge in [-0.25, -0.2) is 4.39 Å². The van der Waals surface area contributed by atoms with Gasteiger partial charge in [0.2, 0.25) is 0 Å². The van der Waals surface area contributed by atoms with Gasteiger partial charge in [0.15, 0.2) is 0 Å². The number of methoxy groups -OCH3 is 1. The number of hydrogen-bond acceptors (Lipinski definition) is 2. The molecule has 0 saturated heterocycles. The van der Waals surface area contributed by atoms with Crippen LogP contribution in [0.5, 0.6) is 0 Å². The van der Waals surface area contributed by atoms with Crippen molar-refractivity contribution in [3.05, 3.63) is 34.1 Å². The second-order valence-electron chi connectivity index (χ2n) is 5.00. The van der Waals surface area contributed by atoms with Crippen LogP contribution in [0, 0.1) is 5.82 Å². The van der Waals surface area contributed by atoms with Crippen LogP contribution in [0.2, 0.25) is 0 Å². The molecule has 4 heteroatoms. The van der Waals surface area contributed by atoms with Crippen LogP contribution < -0.4 is 5.73 Å². The van der Waals surface area contributed by atoms with Gasteiger partial charge >= 0.3 is 0 Å². The lowest BCUT2D eigenvalue weighted by molar-refractivity contribution is -0.0254. The Kier molecular flexibility index (Phi) is 4.41. The maximum atomic E-state index is 13.5. The molecule has 2 rings (SSSR count). The van der Waals surface area contributed by atoms with Gasteiger partial charge in [-0.2, -0.15) is 0 Å². The fourth-order valence-electron chi connectivity index (χ4n) is 2.83. The molecule has 100 valence electrons. The highest BCUT2D eigenvalue weighted by Crippen LogP contribution is 2.36. The molecule has 0 amide bonds. The molecular formula is C14H19BrFNO. The molecule has 1 aromatic carbocycles. The number of ether oxygens (including phenoxy) is 1. The minimum atomic E-state index is -0.238. The molecule has 1 saturated carbocycles. The summed E-state index contributed by atoms with van der Waals surface area (Å²) < 4.78 is 19.7. The zero-order valence-electron chi connectivity index (χ0n) is 10.6. The van der Waals surface area contributed by atoms with Crippen molar-refractivity contribution < 1.29 is 9.13 Å². The Bertz CT molecular complexity index is 418. The van der Waals surface area contributed by atoms with Crippen LogP contribution >= 0.6 is 15.9 Å². The Morgan fingerprint density at radius 3 is 2.72 bits per heavy atom. The van der Waals surface area contributed by atoms with E-state index in [0.29, 0.717) is 10.9 Å². The van der Waals surface area contributed by atoms with Gasteiger partial charge in [0.25, 0.3) is 0 Å². The molecule has 0 radical (unpaired) electrons. The zero-order valence-corrected chi connectivity index (χ0v) is 12.2. The van der Waals surface area contributed by atoms with Crippen LogP contribution in [-0.2, 0) is 11.2 Å². The number of rotatable bonds is 4.